The predicted molar refractivity (Wildman–Crippen MR) is 101 cm³/mol. The summed E-state index contributed by atoms with van der Waals surface area (Å²) in [6.07, 6.45) is 3.91. The Balaban J connectivity index is 2.04. The van der Waals surface area contributed by atoms with Crippen LogP contribution in [0.3, 0.4) is 0 Å². The van der Waals surface area contributed by atoms with Gasteiger partial charge in [0.2, 0.25) is 11.9 Å². The van der Waals surface area contributed by atoms with Crippen LogP contribution in [0.2, 0.25) is 0 Å². The highest BCUT2D eigenvalue weighted by Crippen LogP contribution is 2.32. The molecule has 1 aliphatic carbocycles. The van der Waals surface area contributed by atoms with E-state index < -0.39 is 0 Å². The predicted octanol–water partition coefficient (Wildman–Crippen LogP) is 2.08. The van der Waals surface area contributed by atoms with Gasteiger partial charge in [0.25, 0.3) is 0 Å². The monoisotopic (exact) mass is 354 g/mol. The van der Waals surface area contributed by atoms with E-state index in [0.717, 1.165) is 17.0 Å². The van der Waals surface area contributed by atoms with E-state index in [9.17, 15) is 4.79 Å². The van der Waals surface area contributed by atoms with Gasteiger partial charge in [0.1, 0.15) is 0 Å². The summed E-state index contributed by atoms with van der Waals surface area (Å²) in [5.41, 5.74) is 2.49. The number of ether oxygens (including phenoxy) is 2. The number of carbonyl (C=O) groups is 1. The Morgan fingerprint density at radius 3 is 2.54 bits per heavy atom. The molecule has 1 aliphatic heterocycles. The van der Waals surface area contributed by atoms with Gasteiger partial charge in [-0.2, -0.15) is 0 Å². The zero-order valence-corrected chi connectivity index (χ0v) is 15.2. The van der Waals surface area contributed by atoms with Gasteiger partial charge in [0.05, 0.1) is 31.9 Å². The number of carbonyl (C=O) groups excluding carboxylic acids is 1. The fraction of sp³-hybridized carbons (Fsp3) is 0.316. The first-order valence-corrected chi connectivity index (χ1v) is 8.30. The van der Waals surface area contributed by atoms with Crippen LogP contribution in [0.5, 0.6) is 0 Å². The fourth-order valence-corrected chi connectivity index (χ4v) is 3.08. The Morgan fingerprint density at radius 2 is 1.88 bits per heavy atom. The lowest BCUT2D eigenvalue weighted by Gasteiger charge is -2.30. The summed E-state index contributed by atoms with van der Waals surface area (Å²) in [4.78, 5) is 20.7. The quantitative estimate of drug-likeness (QED) is 0.867. The summed E-state index contributed by atoms with van der Waals surface area (Å²) in [7, 11) is 5.00. The molecule has 2 unspecified atom stereocenters. The minimum Gasteiger partial charge on any atom is -0.493 e. The second kappa shape index (κ2) is 7.43. The first kappa shape index (κ1) is 17.7. The maximum Gasteiger partial charge on any atom is 0.221 e. The van der Waals surface area contributed by atoms with Gasteiger partial charge in [-0.3, -0.25) is 4.79 Å². The van der Waals surface area contributed by atoms with E-state index in [-0.39, 0.29) is 17.9 Å². The molecule has 0 fully saturated rings. The molecule has 1 aromatic rings. The molecular weight excluding hydrogens is 332 g/mol. The van der Waals surface area contributed by atoms with Crippen LogP contribution in [0.25, 0.3) is 0 Å². The van der Waals surface area contributed by atoms with Gasteiger partial charge in [-0.1, -0.05) is 12.1 Å². The zero-order chi connectivity index (χ0) is 18.7. The van der Waals surface area contributed by atoms with E-state index in [2.05, 4.69) is 20.6 Å². The van der Waals surface area contributed by atoms with Gasteiger partial charge in [-0.05, 0) is 29.8 Å². The number of benzene rings is 1. The normalized spacial score (nSPS) is 21.4. The van der Waals surface area contributed by atoms with Gasteiger partial charge in [0.15, 0.2) is 11.5 Å². The summed E-state index contributed by atoms with van der Waals surface area (Å²) >= 11 is 0. The van der Waals surface area contributed by atoms with E-state index in [1.54, 1.807) is 21.3 Å². The minimum atomic E-state index is -0.150. The summed E-state index contributed by atoms with van der Waals surface area (Å²) in [5, 5.41) is 5.82. The van der Waals surface area contributed by atoms with E-state index >= 15 is 0 Å². The van der Waals surface area contributed by atoms with Gasteiger partial charge in [-0.25, -0.2) is 9.98 Å². The van der Waals surface area contributed by atoms with Crippen LogP contribution in [0.15, 0.2) is 57.9 Å². The molecule has 7 nitrogen and oxygen atoms in total. The second-order valence-electron chi connectivity index (χ2n) is 5.95. The molecule has 0 aromatic heterocycles. The van der Waals surface area contributed by atoms with Crippen LogP contribution >= 0.6 is 0 Å². The van der Waals surface area contributed by atoms with Crippen molar-refractivity contribution in [3.63, 3.8) is 0 Å². The third kappa shape index (κ3) is 3.46. The van der Waals surface area contributed by atoms with E-state index in [1.807, 2.05) is 36.4 Å². The molecule has 0 bridgehead atoms. The summed E-state index contributed by atoms with van der Waals surface area (Å²) in [6.45, 7) is 1.48. The first-order valence-electron chi connectivity index (χ1n) is 8.30. The van der Waals surface area contributed by atoms with Crippen molar-refractivity contribution in [3.8, 4) is 0 Å². The van der Waals surface area contributed by atoms with Crippen LogP contribution in [-0.4, -0.2) is 44.9 Å². The zero-order valence-electron chi connectivity index (χ0n) is 15.2. The number of rotatable bonds is 4. The number of hydrogen-bond acceptors (Lipinski definition) is 6. The number of nitrogens with zero attached hydrogens (tertiary/aromatic N) is 2. The number of fused-ring (bicyclic) bond motifs is 1. The number of aliphatic imine (C=N–C) groups is 2. The van der Waals surface area contributed by atoms with Crippen LogP contribution in [0, 0.1) is 5.92 Å². The SMILES string of the molecule is CNC1=NC2C=C(OC)C(OC)=CC2C(c2cccc(NC(C)=O)c2)=N1. The summed E-state index contributed by atoms with van der Waals surface area (Å²) in [5.74, 6) is 1.65. The molecular formula is C19H22N4O3. The van der Waals surface area contributed by atoms with Crippen molar-refractivity contribution < 1.29 is 14.3 Å². The van der Waals surface area contributed by atoms with E-state index in [1.165, 1.54) is 6.92 Å². The number of anilines is 1. The minimum absolute atomic E-state index is 0.0893. The molecule has 0 saturated carbocycles. The summed E-state index contributed by atoms with van der Waals surface area (Å²) in [6, 6.07) is 7.46. The highest BCUT2D eigenvalue weighted by molar-refractivity contribution is 6.11. The third-order valence-electron chi connectivity index (χ3n) is 4.22. The number of guanidine groups is 1. The highest BCUT2D eigenvalue weighted by Gasteiger charge is 2.33. The van der Waals surface area contributed by atoms with Crippen molar-refractivity contribution in [2.24, 2.45) is 15.9 Å². The van der Waals surface area contributed by atoms with E-state index in [0.29, 0.717) is 17.5 Å². The Labute approximate surface area is 152 Å². The Hall–Kier alpha value is -3.09. The van der Waals surface area contributed by atoms with Crippen LogP contribution in [0.4, 0.5) is 5.69 Å². The van der Waals surface area contributed by atoms with Crippen molar-refractivity contribution in [1.82, 2.24) is 5.32 Å². The van der Waals surface area contributed by atoms with Crippen molar-refractivity contribution in [2.45, 2.75) is 13.0 Å². The Bertz CT molecular complexity index is 839. The van der Waals surface area contributed by atoms with Crippen LogP contribution in [-0.2, 0) is 14.3 Å². The lowest BCUT2D eigenvalue weighted by molar-refractivity contribution is -0.114. The number of amides is 1. The lowest BCUT2D eigenvalue weighted by atomic mass is 9.85. The maximum atomic E-state index is 11.4. The molecule has 0 radical (unpaired) electrons. The molecule has 2 N–H and O–H groups in total. The lowest BCUT2D eigenvalue weighted by Crippen LogP contribution is -2.36. The van der Waals surface area contributed by atoms with Gasteiger partial charge >= 0.3 is 0 Å². The number of hydrogen-bond donors (Lipinski definition) is 2. The molecule has 0 spiro atoms. The first-order chi connectivity index (χ1) is 12.5. The van der Waals surface area contributed by atoms with Gasteiger partial charge in [0, 0.05) is 19.7 Å². The fourth-order valence-electron chi connectivity index (χ4n) is 3.08. The molecule has 7 heteroatoms. The summed E-state index contributed by atoms with van der Waals surface area (Å²) < 4.78 is 10.9. The van der Waals surface area contributed by atoms with Crippen molar-refractivity contribution in [2.75, 3.05) is 26.6 Å². The molecule has 1 amide bonds. The molecule has 2 atom stereocenters. The highest BCUT2D eigenvalue weighted by atomic mass is 16.5. The molecule has 2 aliphatic rings. The topological polar surface area (TPSA) is 84.3 Å². The van der Waals surface area contributed by atoms with E-state index in [4.69, 9.17) is 9.47 Å². The molecule has 1 aromatic carbocycles. The van der Waals surface area contributed by atoms with Gasteiger partial charge in [-0.15, -0.1) is 0 Å². The molecule has 136 valence electrons. The van der Waals surface area contributed by atoms with Crippen molar-refractivity contribution in [1.29, 1.82) is 0 Å². The average Bonchev–Trinajstić information content (AvgIpc) is 2.65. The van der Waals surface area contributed by atoms with Crippen LogP contribution in [0.1, 0.15) is 12.5 Å². The number of nitrogens with one attached hydrogen (secondary N) is 2. The smallest absolute Gasteiger partial charge is 0.221 e. The molecule has 26 heavy (non-hydrogen) atoms. The Morgan fingerprint density at radius 1 is 1.15 bits per heavy atom. The largest absolute Gasteiger partial charge is 0.493 e. The molecule has 3 rings (SSSR count). The number of methoxy groups -OCH3 is 2. The molecule has 0 saturated heterocycles. The second-order valence-corrected chi connectivity index (χ2v) is 5.95. The average molecular weight is 354 g/mol. The van der Waals surface area contributed by atoms with Crippen LogP contribution < -0.4 is 10.6 Å². The molecule has 1 heterocycles. The Kier molecular flexibility index (Phi) is 5.06. The maximum absolute atomic E-state index is 11.4. The standard InChI is InChI=1S/C19H22N4O3/c1-11(24)21-13-7-5-6-12(8-13)18-14-9-16(25-3)17(26-4)10-15(14)22-19(20-2)23-18/h5-10,14-15H,1-4H3,(H,20,22)(H,21,24). The van der Waals surface area contributed by atoms with Gasteiger partial charge < -0.3 is 20.1 Å². The van der Waals surface area contributed by atoms with Crippen molar-refractivity contribution in [3.05, 3.63) is 53.5 Å². The van der Waals surface area contributed by atoms with Crippen molar-refractivity contribution >= 4 is 23.3 Å². The third-order valence-corrected chi connectivity index (χ3v) is 4.22.